The molecule has 0 amide bonds. The van der Waals surface area contributed by atoms with Crippen molar-refractivity contribution in [1.29, 1.82) is 0 Å². The topological polar surface area (TPSA) is 105 Å². The minimum absolute atomic E-state index is 0.141. The van der Waals surface area contributed by atoms with Crippen molar-refractivity contribution in [2.75, 3.05) is 20.3 Å². The molecule has 0 radical (unpaired) electrons. The lowest BCUT2D eigenvalue weighted by Gasteiger charge is -2.15. The number of aliphatic carboxylic acids is 1. The van der Waals surface area contributed by atoms with Gasteiger partial charge in [-0.3, -0.25) is 4.79 Å². The fourth-order valence-electron chi connectivity index (χ4n) is 0.828. The first-order valence-electron chi connectivity index (χ1n) is 4.77. The van der Waals surface area contributed by atoms with Crippen LogP contribution in [-0.2, 0) is 19.7 Å². The predicted molar refractivity (Wildman–Crippen MR) is 58.2 cm³/mol. The molecule has 0 rings (SSSR count). The lowest BCUT2D eigenvalue weighted by atomic mass is 10.2. The van der Waals surface area contributed by atoms with Gasteiger partial charge >= 0.3 is 5.97 Å². The van der Waals surface area contributed by atoms with Crippen LogP contribution in [0.1, 0.15) is 13.8 Å². The summed E-state index contributed by atoms with van der Waals surface area (Å²) in [6.45, 7) is 3.70. The highest BCUT2D eigenvalue weighted by Crippen LogP contribution is 1.92. The maximum absolute atomic E-state index is 11.4. The largest absolute Gasteiger partial charge is 0.480 e. The van der Waals surface area contributed by atoms with E-state index >= 15 is 0 Å². The summed E-state index contributed by atoms with van der Waals surface area (Å²) in [7, 11) is -2.51. The van der Waals surface area contributed by atoms with E-state index in [0.29, 0.717) is 0 Å². The SMILES string of the molecule is COCC(NS(=O)(=O)NCC(C)C)C(=O)O. The van der Waals surface area contributed by atoms with Gasteiger partial charge in [0.15, 0.2) is 0 Å². The molecule has 8 heteroatoms. The molecular weight excluding hydrogens is 236 g/mol. The highest BCUT2D eigenvalue weighted by Gasteiger charge is 2.23. The third kappa shape index (κ3) is 6.72. The lowest BCUT2D eigenvalue weighted by molar-refractivity contribution is -0.140. The van der Waals surface area contributed by atoms with Gasteiger partial charge < -0.3 is 9.84 Å². The second-order valence-electron chi connectivity index (χ2n) is 3.71. The third-order valence-corrected chi connectivity index (χ3v) is 2.75. The first-order chi connectivity index (χ1) is 7.28. The molecule has 0 aliphatic rings. The number of rotatable bonds is 8. The summed E-state index contributed by atoms with van der Waals surface area (Å²) in [5.41, 5.74) is 0. The zero-order valence-corrected chi connectivity index (χ0v) is 10.4. The van der Waals surface area contributed by atoms with Gasteiger partial charge in [-0.2, -0.15) is 13.1 Å². The lowest BCUT2D eigenvalue weighted by Crippen LogP contribution is -2.49. The van der Waals surface area contributed by atoms with Gasteiger partial charge in [0.1, 0.15) is 6.04 Å². The van der Waals surface area contributed by atoms with Crippen molar-refractivity contribution >= 4 is 16.2 Å². The standard InChI is InChI=1S/C8H18N2O5S/c1-6(2)4-9-16(13,14)10-7(5-15-3)8(11)12/h6-7,9-10H,4-5H2,1-3H3,(H,11,12). The molecule has 0 aliphatic carbocycles. The molecule has 16 heavy (non-hydrogen) atoms. The molecule has 7 nitrogen and oxygen atoms in total. The summed E-state index contributed by atoms with van der Waals surface area (Å²) in [4.78, 5) is 10.7. The zero-order chi connectivity index (χ0) is 12.8. The predicted octanol–water partition coefficient (Wildman–Crippen LogP) is -0.834. The van der Waals surface area contributed by atoms with E-state index in [1.807, 2.05) is 18.6 Å². The fourth-order valence-corrected chi connectivity index (χ4v) is 2.01. The van der Waals surface area contributed by atoms with E-state index in [2.05, 4.69) is 9.46 Å². The van der Waals surface area contributed by atoms with Gasteiger partial charge in [-0.05, 0) is 5.92 Å². The van der Waals surface area contributed by atoms with Gasteiger partial charge in [-0.1, -0.05) is 13.8 Å². The van der Waals surface area contributed by atoms with E-state index in [4.69, 9.17) is 5.11 Å². The van der Waals surface area contributed by atoms with E-state index in [0.717, 1.165) is 0 Å². The molecule has 0 heterocycles. The van der Waals surface area contributed by atoms with Crippen LogP contribution < -0.4 is 9.44 Å². The van der Waals surface area contributed by atoms with Crippen molar-refractivity contribution in [1.82, 2.24) is 9.44 Å². The third-order valence-electron chi connectivity index (χ3n) is 1.61. The van der Waals surface area contributed by atoms with Crippen LogP contribution in [0.4, 0.5) is 0 Å². The van der Waals surface area contributed by atoms with E-state index in [1.165, 1.54) is 7.11 Å². The average Bonchev–Trinajstić information content (AvgIpc) is 2.14. The van der Waals surface area contributed by atoms with Crippen molar-refractivity contribution in [3.8, 4) is 0 Å². The molecular formula is C8H18N2O5S. The average molecular weight is 254 g/mol. The van der Waals surface area contributed by atoms with Gasteiger partial charge in [-0.15, -0.1) is 0 Å². The Morgan fingerprint density at radius 3 is 2.38 bits per heavy atom. The van der Waals surface area contributed by atoms with E-state index in [-0.39, 0.29) is 19.1 Å². The monoisotopic (exact) mass is 254 g/mol. The van der Waals surface area contributed by atoms with Gasteiger partial charge in [0.25, 0.3) is 10.2 Å². The van der Waals surface area contributed by atoms with Crippen LogP contribution in [0.15, 0.2) is 0 Å². The van der Waals surface area contributed by atoms with Gasteiger partial charge in [0.05, 0.1) is 6.61 Å². The Kier molecular flexibility index (Phi) is 6.49. The molecule has 0 fully saturated rings. The number of ether oxygens (including phenoxy) is 1. The van der Waals surface area contributed by atoms with Crippen molar-refractivity contribution in [2.45, 2.75) is 19.9 Å². The van der Waals surface area contributed by atoms with Crippen LogP contribution in [0.2, 0.25) is 0 Å². The fraction of sp³-hybridized carbons (Fsp3) is 0.875. The number of hydrogen-bond donors (Lipinski definition) is 3. The van der Waals surface area contributed by atoms with Gasteiger partial charge in [0, 0.05) is 13.7 Å². The summed E-state index contributed by atoms with van der Waals surface area (Å²) < 4.78 is 31.6. The molecule has 3 N–H and O–H groups in total. The Labute approximate surface area is 95.4 Å². The number of carboxylic acids is 1. The van der Waals surface area contributed by atoms with E-state index in [1.54, 1.807) is 0 Å². The maximum Gasteiger partial charge on any atom is 0.324 e. The smallest absolute Gasteiger partial charge is 0.324 e. The molecule has 0 spiro atoms. The summed E-state index contributed by atoms with van der Waals surface area (Å²) in [6.07, 6.45) is 0. The molecule has 0 aromatic carbocycles. The molecule has 0 bridgehead atoms. The number of carbonyl (C=O) groups is 1. The van der Waals surface area contributed by atoms with Crippen LogP contribution in [0.5, 0.6) is 0 Å². The molecule has 96 valence electrons. The Morgan fingerprint density at radius 2 is 2.00 bits per heavy atom. The van der Waals surface area contributed by atoms with Gasteiger partial charge in [-0.25, -0.2) is 4.72 Å². The van der Waals surface area contributed by atoms with Crippen molar-refractivity contribution in [3.05, 3.63) is 0 Å². The number of methoxy groups -OCH3 is 1. The Hall–Kier alpha value is -0.700. The van der Waals surface area contributed by atoms with E-state index < -0.39 is 22.2 Å². The molecule has 0 aliphatic heterocycles. The second kappa shape index (κ2) is 6.79. The van der Waals surface area contributed by atoms with E-state index in [9.17, 15) is 13.2 Å². The minimum Gasteiger partial charge on any atom is -0.480 e. The Balaban J connectivity index is 4.36. The second-order valence-corrected chi connectivity index (χ2v) is 5.24. The summed E-state index contributed by atoms with van der Waals surface area (Å²) in [6, 6.07) is -1.28. The highest BCUT2D eigenvalue weighted by molar-refractivity contribution is 7.87. The number of carboxylic acid groups (broad SMARTS) is 1. The molecule has 0 aromatic heterocycles. The summed E-state index contributed by atoms with van der Waals surface area (Å²) >= 11 is 0. The van der Waals surface area contributed by atoms with Crippen LogP contribution in [-0.4, -0.2) is 45.8 Å². The Bertz CT molecular complexity index is 314. The van der Waals surface area contributed by atoms with Crippen molar-refractivity contribution in [2.24, 2.45) is 5.92 Å². The minimum atomic E-state index is -3.80. The molecule has 0 saturated carbocycles. The molecule has 0 saturated heterocycles. The van der Waals surface area contributed by atoms with Crippen LogP contribution >= 0.6 is 0 Å². The quantitative estimate of drug-likeness (QED) is 0.524. The van der Waals surface area contributed by atoms with Crippen molar-refractivity contribution < 1.29 is 23.1 Å². The summed E-state index contributed by atoms with van der Waals surface area (Å²) in [5, 5.41) is 8.71. The van der Waals surface area contributed by atoms with Crippen LogP contribution in [0.25, 0.3) is 0 Å². The summed E-state index contributed by atoms with van der Waals surface area (Å²) in [5.74, 6) is -1.14. The molecule has 1 atom stereocenters. The number of nitrogens with one attached hydrogen (secondary N) is 2. The first-order valence-corrected chi connectivity index (χ1v) is 6.25. The number of hydrogen-bond acceptors (Lipinski definition) is 4. The van der Waals surface area contributed by atoms with Gasteiger partial charge in [0.2, 0.25) is 0 Å². The molecule has 0 aromatic rings. The van der Waals surface area contributed by atoms with Crippen LogP contribution in [0.3, 0.4) is 0 Å². The maximum atomic E-state index is 11.4. The first kappa shape index (κ1) is 15.3. The van der Waals surface area contributed by atoms with Crippen molar-refractivity contribution in [3.63, 3.8) is 0 Å². The molecule has 1 unspecified atom stereocenters. The van der Waals surface area contributed by atoms with Crippen LogP contribution in [0, 0.1) is 5.92 Å². The zero-order valence-electron chi connectivity index (χ0n) is 9.56. The normalized spacial score (nSPS) is 14.0. The highest BCUT2D eigenvalue weighted by atomic mass is 32.2. The Morgan fingerprint density at radius 1 is 1.44 bits per heavy atom.